The van der Waals surface area contributed by atoms with Crippen molar-refractivity contribution in [3.8, 4) is 0 Å². The Morgan fingerprint density at radius 2 is 1.83 bits per heavy atom. The zero-order valence-corrected chi connectivity index (χ0v) is 14.1. The fourth-order valence-corrected chi connectivity index (χ4v) is 2.27. The van der Waals surface area contributed by atoms with Crippen molar-refractivity contribution in [1.82, 2.24) is 10.7 Å². The molecule has 0 saturated carbocycles. The van der Waals surface area contributed by atoms with Crippen LogP contribution in [0.25, 0.3) is 0 Å². The topological polar surface area (TPSA) is 82.3 Å². The second-order valence-corrected chi connectivity index (χ2v) is 5.64. The van der Waals surface area contributed by atoms with Gasteiger partial charge in [-0.1, -0.05) is 35.9 Å². The van der Waals surface area contributed by atoms with Gasteiger partial charge in [-0.05, 0) is 36.8 Å². The molecule has 0 saturated heterocycles. The van der Waals surface area contributed by atoms with Gasteiger partial charge in [0, 0.05) is 12.6 Å². The van der Waals surface area contributed by atoms with Crippen molar-refractivity contribution in [2.75, 3.05) is 10.7 Å². The van der Waals surface area contributed by atoms with Crippen molar-refractivity contribution in [1.29, 1.82) is 0 Å². The van der Waals surface area contributed by atoms with Crippen molar-refractivity contribution < 1.29 is 9.59 Å². The lowest BCUT2D eigenvalue weighted by molar-refractivity contribution is -0.114. The zero-order valence-electron chi connectivity index (χ0n) is 13.4. The van der Waals surface area contributed by atoms with E-state index in [0.29, 0.717) is 16.4 Å². The van der Waals surface area contributed by atoms with Crippen LogP contribution in [0.2, 0.25) is 5.02 Å². The van der Waals surface area contributed by atoms with Crippen LogP contribution >= 0.6 is 11.6 Å². The van der Waals surface area contributed by atoms with Crippen LogP contribution in [0.4, 0.5) is 16.2 Å². The number of carbonyl (C=O) groups is 2. The van der Waals surface area contributed by atoms with Crippen LogP contribution in [0.15, 0.2) is 48.5 Å². The second-order valence-electron chi connectivity index (χ2n) is 5.23. The maximum absolute atomic E-state index is 12.0. The minimum Gasteiger partial charge on any atom is -0.330 e. The molecule has 24 heavy (non-hydrogen) atoms. The van der Waals surface area contributed by atoms with Crippen LogP contribution in [0.1, 0.15) is 25.5 Å². The minimum absolute atomic E-state index is 0.144. The summed E-state index contributed by atoms with van der Waals surface area (Å²) in [6, 6.07) is 13.7. The molecule has 3 amide bonds. The highest BCUT2D eigenvalue weighted by atomic mass is 35.5. The van der Waals surface area contributed by atoms with Crippen LogP contribution in [0, 0.1) is 0 Å². The molecule has 0 unspecified atom stereocenters. The van der Waals surface area contributed by atoms with Gasteiger partial charge in [0.1, 0.15) is 0 Å². The van der Waals surface area contributed by atoms with Gasteiger partial charge in [0.05, 0.1) is 16.8 Å². The Hall–Kier alpha value is -2.73. The third-order valence-corrected chi connectivity index (χ3v) is 3.57. The Morgan fingerprint density at radius 1 is 1.08 bits per heavy atom. The van der Waals surface area contributed by atoms with Gasteiger partial charge >= 0.3 is 6.03 Å². The molecular formula is C17H19ClN4O2. The van der Waals surface area contributed by atoms with Crippen molar-refractivity contribution in [2.24, 2.45) is 0 Å². The monoisotopic (exact) mass is 346 g/mol. The van der Waals surface area contributed by atoms with Crippen LogP contribution in [0.3, 0.4) is 0 Å². The van der Waals surface area contributed by atoms with Gasteiger partial charge in [-0.3, -0.25) is 15.6 Å². The molecule has 0 radical (unpaired) electrons. The highest BCUT2D eigenvalue weighted by Gasteiger charge is 2.10. The smallest absolute Gasteiger partial charge is 0.330 e. The summed E-state index contributed by atoms with van der Waals surface area (Å²) in [7, 11) is 0. The number of nitrogens with one attached hydrogen (secondary N) is 4. The standard InChI is InChI=1S/C17H19ClN4O2/c1-11(13-6-5-7-14(10-13)20-12(2)23)19-17(24)22-21-16-9-4-3-8-15(16)18/h3-11,21H,1-2H3,(H,20,23)(H2,19,22,24)/t11-/m0/s1. The molecule has 0 heterocycles. The molecule has 0 fully saturated rings. The minimum atomic E-state index is -0.396. The molecule has 0 aliphatic heterocycles. The predicted octanol–water partition coefficient (Wildman–Crippen LogP) is 3.69. The molecule has 0 spiro atoms. The highest BCUT2D eigenvalue weighted by Crippen LogP contribution is 2.19. The van der Waals surface area contributed by atoms with E-state index >= 15 is 0 Å². The molecule has 2 aromatic carbocycles. The van der Waals surface area contributed by atoms with E-state index in [9.17, 15) is 9.59 Å². The molecule has 0 aliphatic carbocycles. The number of halogens is 1. The van der Waals surface area contributed by atoms with Gasteiger partial charge in [0.2, 0.25) is 5.91 Å². The Bertz CT molecular complexity index is 736. The lowest BCUT2D eigenvalue weighted by atomic mass is 10.1. The summed E-state index contributed by atoms with van der Waals surface area (Å²) < 4.78 is 0. The van der Waals surface area contributed by atoms with Gasteiger partial charge < -0.3 is 10.6 Å². The van der Waals surface area contributed by atoms with E-state index in [2.05, 4.69) is 21.5 Å². The zero-order chi connectivity index (χ0) is 17.5. The second kappa shape index (κ2) is 8.21. The fraction of sp³-hybridized carbons (Fsp3) is 0.176. The number of amides is 3. The number of carbonyl (C=O) groups excluding carboxylic acids is 2. The highest BCUT2D eigenvalue weighted by molar-refractivity contribution is 6.33. The number of para-hydroxylation sites is 1. The summed E-state index contributed by atoms with van der Waals surface area (Å²) in [5, 5.41) is 6.02. The van der Waals surface area contributed by atoms with Crippen LogP contribution in [-0.2, 0) is 4.79 Å². The van der Waals surface area contributed by atoms with Crippen molar-refractivity contribution in [2.45, 2.75) is 19.9 Å². The maximum Gasteiger partial charge on any atom is 0.333 e. The number of urea groups is 1. The molecular weight excluding hydrogens is 328 g/mol. The Kier molecular flexibility index (Phi) is 6.03. The summed E-state index contributed by atoms with van der Waals surface area (Å²) in [6.45, 7) is 3.30. The molecule has 0 bridgehead atoms. The molecule has 7 heteroatoms. The van der Waals surface area contributed by atoms with E-state index < -0.39 is 6.03 Å². The van der Waals surface area contributed by atoms with E-state index in [4.69, 9.17) is 11.6 Å². The quantitative estimate of drug-likeness (QED) is 0.623. The number of benzene rings is 2. The molecule has 0 aliphatic rings. The van der Waals surface area contributed by atoms with Gasteiger partial charge in [-0.2, -0.15) is 0 Å². The summed E-state index contributed by atoms with van der Waals surface area (Å²) in [4.78, 5) is 23.1. The number of rotatable bonds is 5. The van der Waals surface area contributed by atoms with E-state index in [-0.39, 0.29) is 11.9 Å². The largest absolute Gasteiger partial charge is 0.333 e. The van der Waals surface area contributed by atoms with Gasteiger partial charge in [-0.25, -0.2) is 4.79 Å². The lowest BCUT2D eigenvalue weighted by Gasteiger charge is -2.17. The molecule has 4 N–H and O–H groups in total. The van der Waals surface area contributed by atoms with Crippen molar-refractivity contribution in [3.05, 3.63) is 59.1 Å². The number of hydrogen-bond acceptors (Lipinski definition) is 3. The van der Waals surface area contributed by atoms with Gasteiger partial charge in [-0.15, -0.1) is 0 Å². The van der Waals surface area contributed by atoms with E-state index in [1.165, 1.54) is 6.92 Å². The summed E-state index contributed by atoms with van der Waals surface area (Å²) >= 11 is 6.00. The summed E-state index contributed by atoms with van der Waals surface area (Å²) in [5.41, 5.74) is 7.45. The predicted molar refractivity (Wildman–Crippen MR) is 95.9 cm³/mol. The van der Waals surface area contributed by atoms with Crippen LogP contribution < -0.4 is 21.5 Å². The van der Waals surface area contributed by atoms with Crippen LogP contribution in [-0.4, -0.2) is 11.9 Å². The molecule has 2 rings (SSSR count). The number of hydrazine groups is 1. The van der Waals surface area contributed by atoms with E-state index in [1.807, 2.05) is 31.2 Å². The third kappa shape index (κ3) is 5.17. The Morgan fingerprint density at radius 3 is 2.54 bits per heavy atom. The van der Waals surface area contributed by atoms with Crippen LogP contribution in [0.5, 0.6) is 0 Å². The fourth-order valence-electron chi connectivity index (χ4n) is 2.09. The molecule has 6 nitrogen and oxygen atoms in total. The Balaban J connectivity index is 1.91. The maximum atomic E-state index is 12.0. The Labute approximate surface area is 145 Å². The first-order valence-corrected chi connectivity index (χ1v) is 7.78. The normalized spacial score (nSPS) is 11.3. The molecule has 1 atom stereocenters. The first-order valence-electron chi connectivity index (χ1n) is 7.40. The third-order valence-electron chi connectivity index (χ3n) is 3.24. The summed E-state index contributed by atoms with van der Waals surface area (Å²) in [6.07, 6.45) is 0. The molecule has 2 aromatic rings. The van der Waals surface area contributed by atoms with Gasteiger partial charge in [0.25, 0.3) is 0 Å². The summed E-state index contributed by atoms with van der Waals surface area (Å²) in [5.74, 6) is -0.144. The van der Waals surface area contributed by atoms with Crippen molar-refractivity contribution >= 4 is 34.9 Å². The average Bonchev–Trinajstić information content (AvgIpc) is 2.53. The number of anilines is 2. The number of hydrogen-bond donors (Lipinski definition) is 4. The first-order chi connectivity index (χ1) is 11.5. The van der Waals surface area contributed by atoms with E-state index in [1.54, 1.807) is 24.3 Å². The SMILES string of the molecule is CC(=O)Nc1cccc([C@H](C)NC(=O)NNc2ccccc2Cl)c1. The molecule has 0 aromatic heterocycles. The van der Waals surface area contributed by atoms with Gasteiger partial charge in [0.15, 0.2) is 0 Å². The van der Waals surface area contributed by atoms with Crippen molar-refractivity contribution in [3.63, 3.8) is 0 Å². The van der Waals surface area contributed by atoms with E-state index in [0.717, 1.165) is 5.56 Å². The molecule has 126 valence electrons. The lowest BCUT2D eigenvalue weighted by Crippen LogP contribution is -2.40. The average molecular weight is 347 g/mol. The first kappa shape index (κ1) is 17.6.